The standard InChI is InChI=1S/C16H21N3/c1-13-12-16(14-6-4-3-5-7-14)19(17-13)15-8-10-18(2)11-9-15/h3-7,12,15H,8-11H2,1-2H3. The molecule has 3 rings (SSSR count). The van der Waals surface area contributed by atoms with Crippen molar-refractivity contribution in [1.82, 2.24) is 14.7 Å². The summed E-state index contributed by atoms with van der Waals surface area (Å²) in [5, 5.41) is 4.73. The summed E-state index contributed by atoms with van der Waals surface area (Å²) >= 11 is 0. The van der Waals surface area contributed by atoms with Crippen LogP contribution >= 0.6 is 0 Å². The highest BCUT2D eigenvalue weighted by atomic mass is 15.3. The molecule has 1 fully saturated rings. The fourth-order valence-electron chi connectivity index (χ4n) is 2.86. The van der Waals surface area contributed by atoms with Gasteiger partial charge in [-0.25, -0.2) is 0 Å². The van der Waals surface area contributed by atoms with Gasteiger partial charge in [0, 0.05) is 0 Å². The Hall–Kier alpha value is -1.61. The average Bonchev–Trinajstić information content (AvgIpc) is 2.83. The van der Waals surface area contributed by atoms with E-state index < -0.39 is 0 Å². The molecular weight excluding hydrogens is 234 g/mol. The van der Waals surface area contributed by atoms with Crippen LogP contribution in [0.3, 0.4) is 0 Å². The molecular formula is C16H21N3. The molecule has 3 heteroatoms. The number of hydrogen-bond acceptors (Lipinski definition) is 2. The summed E-state index contributed by atoms with van der Waals surface area (Å²) in [6.07, 6.45) is 2.38. The van der Waals surface area contributed by atoms with Crippen molar-refractivity contribution in [3.8, 4) is 11.3 Å². The smallest absolute Gasteiger partial charge is 0.0688 e. The Balaban J connectivity index is 1.94. The van der Waals surface area contributed by atoms with E-state index in [-0.39, 0.29) is 0 Å². The Labute approximate surface area is 114 Å². The lowest BCUT2D eigenvalue weighted by molar-refractivity contribution is 0.213. The van der Waals surface area contributed by atoms with Crippen LogP contribution < -0.4 is 0 Å². The molecule has 0 atom stereocenters. The van der Waals surface area contributed by atoms with Crippen molar-refractivity contribution in [2.24, 2.45) is 0 Å². The Bertz CT molecular complexity index is 536. The predicted octanol–water partition coefficient (Wildman–Crippen LogP) is 3.13. The first kappa shape index (κ1) is 12.4. The van der Waals surface area contributed by atoms with Crippen molar-refractivity contribution in [1.29, 1.82) is 0 Å². The quantitative estimate of drug-likeness (QED) is 0.822. The van der Waals surface area contributed by atoms with Crippen molar-refractivity contribution in [3.63, 3.8) is 0 Å². The second kappa shape index (κ2) is 5.17. The third-order valence-corrected chi connectivity index (χ3v) is 3.96. The van der Waals surface area contributed by atoms with Gasteiger partial charge in [0.15, 0.2) is 0 Å². The molecule has 0 N–H and O–H groups in total. The van der Waals surface area contributed by atoms with Crippen molar-refractivity contribution < 1.29 is 0 Å². The van der Waals surface area contributed by atoms with Gasteiger partial charge in [0.25, 0.3) is 0 Å². The number of benzene rings is 1. The lowest BCUT2D eigenvalue weighted by atomic mass is 10.0. The molecule has 1 saturated heterocycles. The van der Waals surface area contributed by atoms with Gasteiger partial charge >= 0.3 is 0 Å². The summed E-state index contributed by atoms with van der Waals surface area (Å²) in [4.78, 5) is 2.40. The normalized spacial score (nSPS) is 17.8. The lowest BCUT2D eigenvalue weighted by Gasteiger charge is -2.30. The van der Waals surface area contributed by atoms with E-state index >= 15 is 0 Å². The number of piperidine rings is 1. The van der Waals surface area contributed by atoms with Gasteiger partial charge in [-0.1, -0.05) is 30.3 Å². The molecule has 0 saturated carbocycles. The summed E-state index contributed by atoms with van der Waals surface area (Å²) in [7, 11) is 2.20. The highest BCUT2D eigenvalue weighted by molar-refractivity contribution is 5.60. The molecule has 1 aromatic carbocycles. The average molecular weight is 255 g/mol. The fraction of sp³-hybridized carbons (Fsp3) is 0.438. The Morgan fingerprint density at radius 3 is 2.47 bits per heavy atom. The van der Waals surface area contributed by atoms with E-state index in [1.165, 1.54) is 24.1 Å². The summed E-state index contributed by atoms with van der Waals surface area (Å²) < 4.78 is 2.25. The zero-order valence-corrected chi connectivity index (χ0v) is 11.7. The first-order valence-electron chi connectivity index (χ1n) is 7.04. The predicted molar refractivity (Wildman–Crippen MR) is 78.2 cm³/mol. The van der Waals surface area contributed by atoms with Crippen LogP contribution in [0.15, 0.2) is 36.4 Å². The van der Waals surface area contributed by atoms with E-state index in [1.807, 2.05) is 0 Å². The van der Waals surface area contributed by atoms with E-state index in [0.29, 0.717) is 6.04 Å². The van der Waals surface area contributed by atoms with Crippen LogP contribution in [-0.4, -0.2) is 34.8 Å². The summed E-state index contributed by atoms with van der Waals surface area (Å²) in [5.41, 5.74) is 3.63. The maximum atomic E-state index is 4.73. The number of nitrogens with zero attached hydrogens (tertiary/aromatic N) is 3. The Kier molecular flexibility index (Phi) is 3.38. The van der Waals surface area contributed by atoms with E-state index in [9.17, 15) is 0 Å². The molecule has 0 radical (unpaired) electrons. The molecule has 0 aliphatic carbocycles. The van der Waals surface area contributed by atoms with Crippen LogP contribution in [0.4, 0.5) is 0 Å². The SMILES string of the molecule is Cc1cc(-c2ccccc2)n(C2CCN(C)CC2)n1. The Morgan fingerprint density at radius 2 is 1.79 bits per heavy atom. The van der Waals surface area contributed by atoms with Gasteiger partial charge in [0.05, 0.1) is 17.4 Å². The minimum atomic E-state index is 0.542. The summed E-state index contributed by atoms with van der Waals surface area (Å²) in [6, 6.07) is 13.3. The zero-order chi connectivity index (χ0) is 13.2. The molecule has 0 amide bonds. The third kappa shape index (κ3) is 2.56. The fourth-order valence-corrected chi connectivity index (χ4v) is 2.86. The molecule has 100 valence electrons. The molecule has 0 unspecified atom stereocenters. The van der Waals surface area contributed by atoms with Crippen LogP contribution in [0.2, 0.25) is 0 Å². The second-order valence-electron chi connectivity index (χ2n) is 5.52. The number of aryl methyl sites for hydroxylation is 1. The van der Waals surface area contributed by atoms with Crippen LogP contribution in [0, 0.1) is 6.92 Å². The Morgan fingerprint density at radius 1 is 1.11 bits per heavy atom. The molecule has 1 aliphatic heterocycles. The third-order valence-electron chi connectivity index (χ3n) is 3.96. The molecule has 1 aromatic heterocycles. The molecule has 2 aromatic rings. The molecule has 1 aliphatic rings. The van der Waals surface area contributed by atoms with Crippen molar-refractivity contribution in [3.05, 3.63) is 42.1 Å². The first-order chi connectivity index (χ1) is 9.24. The van der Waals surface area contributed by atoms with E-state index in [2.05, 4.69) is 60.0 Å². The van der Waals surface area contributed by atoms with Gasteiger partial charge in [-0.2, -0.15) is 5.10 Å². The van der Waals surface area contributed by atoms with Crippen molar-refractivity contribution >= 4 is 0 Å². The van der Waals surface area contributed by atoms with Crippen LogP contribution in [0.25, 0.3) is 11.3 Å². The monoisotopic (exact) mass is 255 g/mol. The summed E-state index contributed by atoms with van der Waals surface area (Å²) in [5.74, 6) is 0. The molecule has 19 heavy (non-hydrogen) atoms. The minimum absolute atomic E-state index is 0.542. The van der Waals surface area contributed by atoms with E-state index in [1.54, 1.807) is 0 Å². The highest BCUT2D eigenvalue weighted by Gasteiger charge is 2.21. The zero-order valence-electron chi connectivity index (χ0n) is 11.7. The van der Waals surface area contributed by atoms with E-state index in [0.717, 1.165) is 18.8 Å². The highest BCUT2D eigenvalue weighted by Crippen LogP contribution is 2.28. The van der Waals surface area contributed by atoms with Crippen molar-refractivity contribution in [2.75, 3.05) is 20.1 Å². The molecule has 3 nitrogen and oxygen atoms in total. The first-order valence-corrected chi connectivity index (χ1v) is 7.04. The number of likely N-dealkylation sites (tertiary alicyclic amines) is 1. The maximum Gasteiger partial charge on any atom is 0.0688 e. The van der Waals surface area contributed by atoms with Gasteiger partial charge in [0.2, 0.25) is 0 Å². The molecule has 0 bridgehead atoms. The van der Waals surface area contributed by atoms with Gasteiger partial charge in [-0.15, -0.1) is 0 Å². The van der Waals surface area contributed by atoms with Crippen LogP contribution in [0.1, 0.15) is 24.6 Å². The second-order valence-corrected chi connectivity index (χ2v) is 5.52. The molecule has 2 heterocycles. The van der Waals surface area contributed by atoms with Crippen LogP contribution in [-0.2, 0) is 0 Å². The van der Waals surface area contributed by atoms with E-state index in [4.69, 9.17) is 5.10 Å². The number of hydrogen-bond donors (Lipinski definition) is 0. The van der Waals surface area contributed by atoms with Gasteiger partial charge in [0.1, 0.15) is 0 Å². The van der Waals surface area contributed by atoms with Crippen molar-refractivity contribution in [2.45, 2.75) is 25.8 Å². The van der Waals surface area contributed by atoms with Crippen LogP contribution in [0.5, 0.6) is 0 Å². The topological polar surface area (TPSA) is 21.1 Å². The number of aromatic nitrogens is 2. The van der Waals surface area contributed by atoms with Gasteiger partial charge in [-0.05, 0) is 51.5 Å². The lowest BCUT2D eigenvalue weighted by Crippen LogP contribution is -2.32. The van der Waals surface area contributed by atoms with Gasteiger partial charge in [-0.3, -0.25) is 4.68 Å². The largest absolute Gasteiger partial charge is 0.306 e. The molecule has 0 spiro atoms. The number of rotatable bonds is 2. The van der Waals surface area contributed by atoms with Gasteiger partial charge < -0.3 is 4.90 Å². The summed E-state index contributed by atoms with van der Waals surface area (Å²) in [6.45, 7) is 4.41. The maximum absolute atomic E-state index is 4.73. The minimum Gasteiger partial charge on any atom is -0.306 e.